The molecule has 1 aromatic carbocycles. The second kappa shape index (κ2) is 17.8. The molecule has 0 saturated carbocycles. The van der Waals surface area contributed by atoms with Crippen LogP contribution in [0.3, 0.4) is 0 Å². The van der Waals surface area contributed by atoms with E-state index in [4.69, 9.17) is 30.5 Å². The standard InChI is InChI=1S/C22H32ClN4O6P.C2HF3O2/c1-3-32-34(31,33-4-2)15-5-14-27(30)22(29)9-8-21(28)26-13-12-25-19-10-11-24-20-16-17(23)6-7-18(19)20;3-2(4,5)1(6)7/h6-7,10-11,16,30H,3-5,8-9,12-15H2,1-2H3,(H,24,25)(H,26,28);(H,6,7). The smallest absolute Gasteiger partial charge is 0.475 e. The first-order valence-electron chi connectivity index (χ1n) is 12.4. The molecular weight excluding hydrogens is 596 g/mol. The lowest BCUT2D eigenvalue weighted by Crippen LogP contribution is -2.32. The van der Waals surface area contributed by atoms with Gasteiger partial charge in [-0.05, 0) is 44.5 Å². The number of carbonyl (C=O) groups is 3. The second-order valence-electron chi connectivity index (χ2n) is 8.14. The molecule has 1 aromatic heterocycles. The van der Waals surface area contributed by atoms with Gasteiger partial charge in [-0.15, -0.1) is 0 Å². The van der Waals surface area contributed by atoms with Gasteiger partial charge in [-0.1, -0.05) is 11.6 Å². The number of anilines is 1. The van der Waals surface area contributed by atoms with Crippen LogP contribution in [0.25, 0.3) is 10.9 Å². The molecule has 17 heteroatoms. The molecule has 0 radical (unpaired) electrons. The molecule has 1 heterocycles. The van der Waals surface area contributed by atoms with Gasteiger partial charge in [0.15, 0.2) is 0 Å². The Hall–Kier alpha value is -2.97. The fraction of sp³-hybridized carbons (Fsp3) is 0.500. The van der Waals surface area contributed by atoms with Gasteiger partial charge in [0.2, 0.25) is 11.8 Å². The number of aliphatic carboxylic acids is 1. The maximum Gasteiger partial charge on any atom is 0.490 e. The summed E-state index contributed by atoms with van der Waals surface area (Å²) in [5.41, 5.74) is 1.65. The van der Waals surface area contributed by atoms with Crippen molar-refractivity contribution in [1.29, 1.82) is 0 Å². The number of alkyl halides is 3. The van der Waals surface area contributed by atoms with E-state index in [1.807, 2.05) is 12.1 Å². The first-order chi connectivity index (χ1) is 19.2. The minimum Gasteiger partial charge on any atom is -0.475 e. The van der Waals surface area contributed by atoms with E-state index >= 15 is 0 Å². The van der Waals surface area contributed by atoms with Gasteiger partial charge in [0.05, 0.1) is 24.9 Å². The zero-order chi connectivity index (χ0) is 31.1. The number of hydrogen-bond donors (Lipinski definition) is 4. The minimum absolute atomic E-state index is 0.0282. The molecule has 12 nitrogen and oxygen atoms in total. The van der Waals surface area contributed by atoms with Crippen molar-refractivity contribution >= 4 is 53.6 Å². The van der Waals surface area contributed by atoms with Crippen LogP contribution >= 0.6 is 19.2 Å². The minimum atomic E-state index is -5.08. The molecule has 2 rings (SSSR count). The average molecular weight is 629 g/mol. The van der Waals surface area contributed by atoms with Crippen molar-refractivity contribution in [1.82, 2.24) is 15.4 Å². The molecule has 0 bridgehead atoms. The van der Waals surface area contributed by atoms with Gasteiger partial charge in [-0.25, -0.2) is 9.86 Å². The van der Waals surface area contributed by atoms with E-state index < -0.39 is 25.6 Å². The lowest BCUT2D eigenvalue weighted by molar-refractivity contribution is -0.192. The molecule has 0 aliphatic carbocycles. The monoisotopic (exact) mass is 628 g/mol. The molecule has 0 spiro atoms. The fourth-order valence-electron chi connectivity index (χ4n) is 3.21. The van der Waals surface area contributed by atoms with Crippen LogP contribution in [-0.2, 0) is 28.0 Å². The van der Waals surface area contributed by atoms with E-state index in [0.717, 1.165) is 16.6 Å². The van der Waals surface area contributed by atoms with Crippen molar-refractivity contribution in [2.45, 2.75) is 39.3 Å². The summed E-state index contributed by atoms with van der Waals surface area (Å²) in [6, 6.07) is 7.29. The zero-order valence-electron chi connectivity index (χ0n) is 22.4. The summed E-state index contributed by atoms with van der Waals surface area (Å²) in [5.74, 6) is -3.64. The average Bonchev–Trinajstić information content (AvgIpc) is 2.89. The number of amides is 2. The highest BCUT2D eigenvalue weighted by atomic mass is 35.5. The lowest BCUT2D eigenvalue weighted by atomic mass is 10.2. The van der Waals surface area contributed by atoms with Crippen LogP contribution in [0.1, 0.15) is 33.1 Å². The first kappa shape index (κ1) is 36.1. The number of benzene rings is 1. The molecule has 0 aliphatic heterocycles. The van der Waals surface area contributed by atoms with Crippen LogP contribution in [0.2, 0.25) is 5.02 Å². The Morgan fingerprint density at radius 1 is 1.10 bits per heavy atom. The van der Waals surface area contributed by atoms with Gasteiger partial charge in [0.25, 0.3) is 0 Å². The number of hydroxylamine groups is 2. The fourth-order valence-corrected chi connectivity index (χ4v) is 5.03. The highest BCUT2D eigenvalue weighted by molar-refractivity contribution is 7.53. The van der Waals surface area contributed by atoms with E-state index in [0.29, 0.717) is 23.2 Å². The molecule has 41 heavy (non-hydrogen) atoms. The highest BCUT2D eigenvalue weighted by Crippen LogP contribution is 2.48. The molecule has 2 aromatic rings. The summed E-state index contributed by atoms with van der Waals surface area (Å²) in [6.07, 6.45) is -3.26. The van der Waals surface area contributed by atoms with Gasteiger partial charge in [0.1, 0.15) is 0 Å². The second-order valence-corrected chi connectivity index (χ2v) is 10.8. The molecule has 0 aliphatic rings. The molecule has 2 amide bonds. The van der Waals surface area contributed by atoms with Gasteiger partial charge in [-0.3, -0.25) is 24.3 Å². The predicted molar refractivity (Wildman–Crippen MR) is 145 cm³/mol. The first-order valence-corrected chi connectivity index (χ1v) is 14.5. The van der Waals surface area contributed by atoms with E-state index in [9.17, 15) is 32.5 Å². The van der Waals surface area contributed by atoms with Gasteiger partial charge in [-0.2, -0.15) is 13.2 Å². The Labute approximate surface area is 239 Å². The summed E-state index contributed by atoms with van der Waals surface area (Å²) in [6.45, 7) is 4.73. The third kappa shape index (κ3) is 14.0. The molecule has 0 atom stereocenters. The van der Waals surface area contributed by atoms with E-state index in [-0.39, 0.29) is 51.1 Å². The van der Waals surface area contributed by atoms with Gasteiger partial charge >= 0.3 is 19.7 Å². The van der Waals surface area contributed by atoms with Crippen LogP contribution in [0.15, 0.2) is 30.5 Å². The molecular formula is C24H33ClF3N4O8P. The Balaban J connectivity index is 0.00000106. The maximum absolute atomic E-state index is 12.4. The number of halogens is 4. The molecule has 230 valence electrons. The van der Waals surface area contributed by atoms with Crippen molar-refractivity contribution in [2.75, 3.05) is 44.3 Å². The number of carboxylic acid groups (broad SMARTS) is 1. The number of carboxylic acids is 1. The van der Waals surface area contributed by atoms with E-state index in [1.165, 1.54) is 0 Å². The zero-order valence-corrected chi connectivity index (χ0v) is 24.1. The summed E-state index contributed by atoms with van der Waals surface area (Å²) in [5, 5.41) is 25.1. The number of carbonyl (C=O) groups excluding carboxylic acids is 2. The Morgan fingerprint density at radius 3 is 2.32 bits per heavy atom. The summed E-state index contributed by atoms with van der Waals surface area (Å²) in [7, 11) is -3.22. The van der Waals surface area contributed by atoms with Crippen molar-refractivity contribution in [3.05, 3.63) is 35.5 Å². The number of pyridine rings is 1. The van der Waals surface area contributed by atoms with Crippen LogP contribution in [-0.4, -0.2) is 83.3 Å². The van der Waals surface area contributed by atoms with E-state index in [1.54, 1.807) is 32.2 Å². The van der Waals surface area contributed by atoms with Crippen molar-refractivity contribution in [3.8, 4) is 0 Å². The van der Waals surface area contributed by atoms with Crippen LogP contribution < -0.4 is 10.6 Å². The summed E-state index contributed by atoms with van der Waals surface area (Å²) < 4.78 is 54.5. The number of hydrogen-bond acceptors (Lipinski definition) is 9. The number of nitrogens with one attached hydrogen (secondary N) is 2. The molecule has 4 N–H and O–H groups in total. The number of nitrogens with zero attached hydrogens (tertiary/aromatic N) is 2. The SMILES string of the molecule is CCOP(=O)(CCCN(O)C(=O)CCC(=O)NCCNc1ccnc2cc(Cl)ccc12)OCC.O=C(O)C(F)(F)F. The summed E-state index contributed by atoms with van der Waals surface area (Å²) in [4.78, 5) is 37.3. The third-order valence-corrected chi connectivity index (χ3v) is 7.42. The van der Waals surface area contributed by atoms with Gasteiger partial charge < -0.3 is 24.8 Å². The predicted octanol–water partition coefficient (Wildman–Crippen LogP) is 4.70. The molecule has 0 unspecified atom stereocenters. The number of rotatable bonds is 15. The lowest BCUT2D eigenvalue weighted by Gasteiger charge is -2.19. The van der Waals surface area contributed by atoms with Crippen LogP contribution in [0.5, 0.6) is 0 Å². The number of fused-ring (bicyclic) bond motifs is 1. The molecule has 0 saturated heterocycles. The Morgan fingerprint density at radius 2 is 1.73 bits per heavy atom. The quantitative estimate of drug-likeness (QED) is 0.0939. The van der Waals surface area contributed by atoms with Crippen molar-refractivity contribution in [3.63, 3.8) is 0 Å². The topological polar surface area (TPSA) is 167 Å². The van der Waals surface area contributed by atoms with Crippen molar-refractivity contribution in [2.24, 2.45) is 0 Å². The Bertz CT molecular complexity index is 1200. The highest BCUT2D eigenvalue weighted by Gasteiger charge is 2.38. The Kier molecular flexibility index (Phi) is 15.6. The van der Waals surface area contributed by atoms with Crippen LogP contribution in [0.4, 0.5) is 18.9 Å². The van der Waals surface area contributed by atoms with E-state index in [2.05, 4.69) is 15.6 Å². The largest absolute Gasteiger partial charge is 0.490 e. The van der Waals surface area contributed by atoms with Crippen molar-refractivity contribution < 1.29 is 51.5 Å². The summed E-state index contributed by atoms with van der Waals surface area (Å²) >= 11 is 6.00. The maximum atomic E-state index is 12.4. The normalized spacial score (nSPS) is 11.4. The molecule has 0 fully saturated rings. The van der Waals surface area contributed by atoms with Crippen LogP contribution in [0, 0.1) is 0 Å². The third-order valence-electron chi connectivity index (χ3n) is 5.02. The van der Waals surface area contributed by atoms with Gasteiger partial charge in [0, 0.05) is 54.8 Å². The number of aromatic nitrogens is 1.